The van der Waals surface area contributed by atoms with Crippen molar-refractivity contribution in [1.82, 2.24) is 0 Å². The van der Waals surface area contributed by atoms with Crippen molar-refractivity contribution in [2.45, 2.75) is 20.8 Å². The largest absolute Gasteiger partial charge is 0.298 e. The van der Waals surface area contributed by atoms with Crippen LogP contribution < -0.4 is 0 Å². The molecule has 68 valence electrons. The van der Waals surface area contributed by atoms with Gasteiger partial charge in [-0.2, -0.15) is 0 Å². The molecule has 0 bridgehead atoms. The van der Waals surface area contributed by atoms with Gasteiger partial charge in [0.15, 0.2) is 5.78 Å². The van der Waals surface area contributed by atoms with Crippen molar-refractivity contribution in [2.24, 2.45) is 0 Å². The minimum atomic E-state index is -0.00815. The van der Waals surface area contributed by atoms with Crippen LogP contribution in [0, 0.1) is 13.8 Å². The van der Waals surface area contributed by atoms with Gasteiger partial charge in [-0.05, 0) is 44.0 Å². The Morgan fingerprint density at radius 2 is 1.92 bits per heavy atom. The van der Waals surface area contributed by atoms with Crippen molar-refractivity contribution < 1.29 is 9.59 Å². The second-order valence-electron chi connectivity index (χ2n) is 3.18. The van der Waals surface area contributed by atoms with Gasteiger partial charge < -0.3 is 0 Å². The molecule has 0 aromatic heterocycles. The van der Waals surface area contributed by atoms with Crippen LogP contribution >= 0.6 is 0 Å². The molecule has 0 N–H and O–H groups in total. The molecule has 0 heterocycles. The monoisotopic (exact) mass is 176 g/mol. The van der Waals surface area contributed by atoms with Crippen molar-refractivity contribution in [3.63, 3.8) is 0 Å². The van der Waals surface area contributed by atoms with Gasteiger partial charge in [0.25, 0.3) is 0 Å². The lowest BCUT2D eigenvalue weighted by molar-refractivity contribution is 0.101. The first-order valence-electron chi connectivity index (χ1n) is 4.13. The Hall–Kier alpha value is -1.44. The fraction of sp³-hybridized carbons (Fsp3) is 0.273. The highest BCUT2D eigenvalue weighted by molar-refractivity contribution is 5.96. The number of aryl methyl sites for hydroxylation is 1. The van der Waals surface area contributed by atoms with E-state index < -0.39 is 0 Å². The summed E-state index contributed by atoms with van der Waals surface area (Å²) in [7, 11) is 0. The molecule has 2 heteroatoms. The zero-order chi connectivity index (χ0) is 10.0. The second-order valence-corrected chi connectivity index (χ2v) is 3.18. The number of aldehydes is 1. The number of Topliss-reactive ketones (excluding diaryl/α,β-unsaturated/α-hetero) is 1. The van der Waals surface area contributed by atoms with E-state index >= 15 is 0 Å². The standard InChI is InChI=1S/C11H12O2/c1-7-4-10(9(3)13)5-11(6-12)8(7)2/h4-6H,1-3H3. The topological polar surface area (TPSA) is 34.1 Å². The van der Waals surface area contributed by atoms with Crippen LogP contribution in [-0.4, -0.2) is 12.1 Å². The first-order chi connectivity index (χ1) is 6.06. The van der Waals surface area contributed by atoms with Gasteiger partial charge in [0.2, 0.25) is 0 Å². The molecule has 0 aliphatic heterocycles. The summed E-state index contributed by atoms with van der Waals surface area (Å²) in [4.78, 5) is 21.7. The van der Waals surface area contributed by atoms with Gasteiger partial charge >= 0.3 is 0 Å². The number of hydrogen-bond donors (Lipinski definition) is 0. The quantitative estimate of drug-likeness (QED) is 0.512. The van der Waals surface area contributed by atoms with Crippen LogP contribution in [0.15, 0.2) is 12.1 Å². The number of hydrogen-bond acceptors (Lipinski definition) is 2. The third-order valence-corrected chi connectivity index (χ3v) is 2.24. The molecule has 0 unspecified atom stereocenters. The summed E-state index contributed by atoms with van der Waals surface area (Å²) in [5, 5.41) is 0. The lowest BCUT2D eigenvalue weighted by Crippen LogP contribution is -1.98. The normalized spacial score (nSPS) is 9.77. The Bertz CT molecular complexity index is 365. The number of ketones is 1. The maximum absolute atomic E-state index is 11.1. The molecule has 1 rings (SSSR count). The average molecular weight is 176 g/mol. The van der Waals surface area contributed by atoms with Gasteiger partial charge in [-0.15, -0.1) is 0 Å². The summed E-state index contributed by atoms with van der Waals surface area (Å²) in [6, 6.07) is 3.45. The summed E-state index contributed by atoms with van der Waals surface area (Å²) in [5.41, 5.74) is 3.13. The molecule has 2 nitrogen and oxygen atoms in total. The van der Waals surface area contributed by atoms with Gasteiger partial charge in [-0.3, -0.25) is 9.59 Å². The zero-order valence-electron chi connectivity index (χ0n) is 8.05. The van der Waals surface area contributed by atoms with Crippen LogP contribution in [0.5, 0.6) is 0 Å². The Balaban J connectivity index is 3.38. The molecule has 0 atom stereocenters. The van der Waals surface area contributed by atoms with Gasteiger partial charge in [0.05, 0.1) is 0 Å². The number of benzene rings is 1. The lowest BCUT2D eigenvalue weighted by atomic mass is 9.99. The molecule has 0 spiro atoms. The van der Waals surface area contributed by atoms with Crippen molar-refractivity contribution in [1.29, 1.82) is 0 Å². The molecule has 0 aliphatic rings. The van der Waals surface area contributed by atoms with Gasteiger partial charge in [-0.25, -0.2) is 0 Å². The van der Waals surface area contributed by atoms with E-state index in [2.05, 4.69) is 0 Å². The van der Waals surface area contributed by atoms with E-state index in [0.29, 0.717) is 11.1 Å². The van der Waals surface area contributed by atoms with E-state index in [4.69, 9.17) is 0 Å². The summed E-state index contributed by atoms with van der Waals surface area (Å²) >= 11 is 0. The van der Waals surface area contributed by atoms with E-state index in [1.807, 2.05) is 19.9 Å². The van der Waals surface area contributed by atoms with Crippen molar-refractivity contribution >= 4 is 12.1 Å². The van der Waals surface area contributed by atoms with E-state index in [-0.39, 0.29) is 5.78 Å². The van der Waals surface area contributed by atoms with Gasteiger partial charge in [-0.1, -0.05) is 0 Å². The van der Waals surface area contributed by atoms with Crippen LogP contribution in [0.25, 0.3) is 0 Å². The van der Waals surface area contributed by atoms with E-state index in [9.17, 15) is 9.59 Å². The number of carbonyl (C=O) groups is 2. The smallest absolute Gasteiger partial charge is 0.159 e. The maximum atomic E-state index is 11.1. The minimum absolute atomic E-state index is 0.00815. The Morgan fingerprint density at radius 3 is 2.38 bits per heavy atom. The first-order valence-corrected chi connectivity index (χ1v) is 4.13. The highest BCUT2D eigenvalue weighted by Crippen LogP contribution is 2.15. The van der Waals surface area contributed by atoms with Crippen molar-refractivity contribution in [2.75, 3.05) is 0 Å². The molecular weight excluding hydrogens is 164 g/mol. The van der Waals surface area contributed by atoms with Crippen LogP contribution in [0.4, 0.5) is 0 Å². The van der Waals surface area contributed by atoms with Crippen LogP contribution in [0.2, 0.25) is 0 Å². The van der Waals surface area contributed by atoms with Gasteiger partial charge in [0, 0.05) is 11.1 Å². The average Bonchev–Trinajstić information content (AvgIpc) is 2.09. The predicted octanol–water partition coefficient (Wildman–Crippen LogP) is 2.32. The molecular formula is C11H12O2. The molecule has 1 aromatic carbocycles. The summed E-state index contributed by atoms with van der Waals surface area (Å²) in [6.07, 6.45) is 0.786. The Morgan fingerprint density at radius 1 is 1.31 bits per heavy atom. The Labute approximate surface area is 77.6 Å². The third kappa shape index (κ3) is 1.83. The number of rotatable bonds is 2. The molecule has 0 amide bonds. The summed E-state index contributed by atoms with van der Waals surface area (Å²) in [6.45, 7) is 5.27. The molecule has 0 fully saturated rings. The highest BCUT2D eigenvalue weighted by Gasteiger charge is 2.06. The Kier molecular flexibility index (Phi) is 2.61. The molecule has 0 aliphatic carbocycles. The van der Waals surface area contributed by atoms with Crippen LogP contribution in [0.3, 0.4) is 0 Å². The minimum Gasteiger partial charge on any atom is -0.298 e. The molecule has 13 heavy (non-hydrogen) atoms. The molecule has 1 aromatic rings. The molecule has 0 saturated heterocycles. The fourth-order valence-electron chi connectivity index (χ4n) is 1.21. The van der Waals surface area contributed by atoms with Crippen LogP contribution in [-0.2, 0) is 0 Å². The SMILES string of the molecule is CC(=O)c1cc(C)c(C)c(C=O)c1. The van der Waals surface area contributed by atoms with Gasteiger partial charge in [0.1, 0.15) is 6.29 Å². The van der Waals surface area contributed by atoms with Crippen molar-refractivity contribution in [3.8, 4) is 0 Å². The maximum Gasteiger partial charge on any atom is 0.159 e. The summed E-state index contributed by atoms with van der Waals surface area (Å²) in [5.74, 6) is -0.00815. The molecule has 0 saturated carbocycles. The highest BCUT2D eigenvalue weighted by atomic mass is 16.1. The zero-order valence-corrected chi connectivity index (χ0v) is 8.05. The fourth-order valence-corrected chi connectivity index (χ4v) is 1.21. The van der Waals surface area contributed by atoms with E-state index in [1.165, 1.54) is 6.92 Å². The third-order valence-electron chi connectivity index (χ3n) is 2.24. The van der Waals surface area contributed by atoms with E-state index in [1.54, 1.807) is 6.07 Å². The number of carbonyl (C=O) groups excluding carboxylic acids is 2. The first kappa shape index (κ1) is 9.65. The lowest BCUT2D eigenvalue weighted by Gasteiger charge is -2.05. The molecule has 0 radical (unpaired) electrons. The summed E-state index contributed by atoms with van der Waals surface area (Å²) < 4.78 is 0. The predicted molar refractivity (Wildman–Crippen MR) is 51.3 cm³/mol. The second kappa shape index (κ2) is 3.52. The van der Waals surface area contributed by atoms with E-state index in [0.717, 1.165) is 17.4 Å². The van der Waals surface area contributed by atoms with Crippen LogP contribution in [0.1, 0.15) is 38.8 Å². The van der Waals surface area contributed by atoms with Crippen molar-refractivity contribution in [3.05, 3.63) is 34.4 Å².